The number of likely N-dealkylation sites (tertiary alicyclic amines) is 1. The molecule has 0 amide bonds. The SMILES string of the molecule is Cc1nc(NCCCN2CCCC2)cc(=O)[nH]1. The highest BCUT2D eigenvalue weighted by Gasteiger charge is 2.10. The zero-order chi connectivity index (χ0) is 12.1. The van der Waals surface area contributed by atoms with Crippen molar-refractivity contribution in [3.05, 3.63) is 22.2 Å². The van der Waals surface area contributed by atoms with Crippen LogP contribution in [0.3, 0.4) is 0 Å². The van der Waals surface area contributed by atoms with Gasteiger partial charge in [0.25, 0.3) is 5.56 Å². The minimum absolute atomic E-state index is 0.0976. The van der Waals surface area contributed by atoms with E-state index in [4.69, 9.17) is 0 Å². The molecule has 5 heteroatoms. The van der Waals surface area contributed by atoms with Crippen molar-refractivity contribution in [1.82, 2.24) is 14.9 Å². The fraction of sp³-hybridized carbons (Fsp3) is 0.667. The molecule has 1 aliphatic heterocycles. The van der Waals surface area contributed by atoms with Crippen molar-refractivity contribution in [3.63, 3.8) is 0 Å². The summed E-state index contributed by atoms with van der Waals surface area (Å²) in [6, 6.07) is 1.50. The molecule has 0 spiro atoms. The van der Waals surface area contributed by atoms with E-state index in [0.717, 1.165) is 19.5 Å². The zero-order valence-corrected chi connectivity index (χ0v) is 10.3. The average molecular weight is 236 g/mol. The van der Waals surface area contributed by atoms with Crippen LogP contribution in [0.4, 0.5) is 5.82 Å². The lowest BCUT2D eigenvalue weighted by Gasteiger charge is -2.14. The van der Waals surface area contributed by atoms with Crippen LogP contribution in [0.25, 0.3) is 0 Å². The molecule has 2 heterocycles. The van der Waals surface area contributed by atoms with Gasteiger partial charge in [-0.05, 0) is 45.8 Å². The molecule has 1 aliphatic rings. The molecule has 0 bridgehead atoms. The minimum Gasteiger partial charge on any atom is -0.370 e. The third-order valence-corrected chi connectivity index (χ3v) is 3.02. The molecule has 1 aromatic heterocycles. The lowest BCUT2D eigenvalue weighted by molar-refractivity contribution is 0.337. The summed E-state index contributed by atoms with van der Waals surface area (Å²) in [6.45, 7) is 6.27. The van der Waals surface area contributed by atoms with Gasteiger partial charge in [0.1, 0.15) is 11.6 Å². The molecule has 94 valence electrons. The molecule has 1 aromatic rings. The van der Waals surface area contributed by atoms with Crippen molar-refractivity contribution >= 4 is 5.82 Å². The van der Waals surface area contributed by atoms with Crippen LogP contribution in [0.2, 0.25) is 0 Å². The highest BCUT2D eigenvalue weighted by Crippen LogP contribution is 2.07. The van der Waals surface area contributed by atoms with Gasteiger partial charge in [0.05, 0.1) is 0 Å². The first-order valence-corrected chi connectivity index (χ1v) is 6.28. The highest BCUT2D eigenvalue weighted by atomic mass is 16.1. The smallest absolute Gasteiger partial charge is 0.252 e. The summed E-state index contributed by atoms with van der Waals surface area (Å²) in [5.74, 6) is 1.33. The van der Waals surface area contributed by atoms with Gasteiger partial charge < -0.3 is 15.2 Å². The molecule has 1 saturated heterocycles. The number of H-pyrrole nitrogens is 1. The molecule has 2 N–H and O–H groups in total. The van der Waals surface area contributed by atoms with Gasteiger partial charge >= 0.3 is 0 Å². The van der Waals surface area contributed by atoms with Crippen LogP contribution in [0.1, 0.15) is 25.1 Å². The van der Waals surface area contributed by atoms with Crippen molar-refractivity contribution in [2.45, 2.75) is 26.2 Å². The summed E-state index contributed by atoms with van der Waals surface area (Å²) in [7, 11) is 0. The molecule has 0 aliphatic carbocycles. The number of nitrogens with one attached hydrogen (secondary N) is 2. The van der Waals surface area contributed by atoms with E-state index < -0.39 is 0 Å². The van der Waals surface area contributed by atoms with Gasteiger partial charge in [0.2, 0.25) is 0 Å². The molecule has 0 saturated carbocycles. The van der Waals surface area contributed by atoms with Crippen molar-refractivity contribution < 1.29 is 0 Å². The summed E-state index contributed by atoms with van der Waals surface area (Å²) < 4.78 is 0. The lowest BCUT2D eigenvalue weighted by Crippen LogP contribution is -2.22. The Labute approximate surface area is 101 Å². The molecule has 17 heavy (non-hydrogen) atoms. The van der Waals surface area contributed by atoms with Crippen LogP contribution in [0, 0.1) is 6.92 Å². The highest BCUT2D eigenvalue weighted by molar-refractivity contribution is 5.32. The second kappa shape index (κ2) is 5.82. The van der Waals surface area contributed by atoms with E-state index in [-0.39, 0.29) is 5.56 Å². The maximum atomic E-state index is 11.2. The minimum atomic E-state index is -0.0976. The molecule has 2 rings (SSSR count). The topological polar surface area (TPSA) is 61.0 Å². The maximum absolute atomic E-state index is 11.2. The summed E-state index contributed by atoms with van der Waals surface area (Å²) in [4.78, 5) is 20.5. The number of nitrogens with zero attached hydrogens (tertiary/aromatic N) is 2. The molecular formula is C12H20N4O. The Morgan fingerprint density at radius 2 is 2.24 bits per heavy atom. The Morgan fingerprint density at radius 1 is 1.47 bits per heavy atom. The van der Waals surface area contributed by atoms with Crippen LogP contribution in [-0.2, 0) is 0 Å². The lowest BCUT2D eigenvalue weighted by atomic mass is 10.4. The molecule has 5 nitrogen and oxygen atoms in total. The number of anilines is 1. The molecule has 1 fully saturated rings. The number of aromatic nitrogens is 2. The van der Waals surface area contributed by atoms with Crippen molar-refractivity contribution in [2.24, 2.45) is 0 Å². The molecule has 0 atom stereocenters. The first-order valence-electron chi connectivity index (χ1n) is 6.28. The van der Waals surface area contributed by atoms with E-state index in [1.54, 1.807) is 6.92 Å². The van der Waals surface area contributed by atoms with Crippen LogP contribution in [0.5, 0.6) is 0 Å². The Morgan fingerprint density at radius 3 is 2.94 bits per heavy atom. The largest absolute Gasteiger partial charge is 0.370 e. The predicted octanol–water partition coefficient (Wildman–Crippen LogP) is 0.976. The molecular weight excluding hydrogens is 216 g/mol. The summed E-state index contributed by atoms with van der Waals surface area (Å²) in [6.07, 6.45) is 3.76. The van der Waals surface area contributed by atoms with Crippen LogP contribution < -0.4 is 10.9 Å². The fourth-order valence-corrected chi connectivity index (χ4v) is 2.20. The van der Waals surface area contributed by atoms with Gasteiger partial charge in [-0.1, -0.05) is 0 Å². The second-order valence-electron chi connectivity index (χ2n) is 4.55. The van der Waals surface area contributed by atoms with Crippen LogP contribution in [0.15, 0.2) is 10.9 Å². The van der Waals surface area contributed by atoms with Crippen molar-refractivity contribution in [2.75, 3.05) is 31.5 Å². The van der Waals surface area contributed by atoms with E-state index in [9.17, 15) is 4.79 Å². The predicted molar refractivity (Wildman–Crippen MR) is 68.4 cm³/mol. The molecule has 0 unspecified atom stereocenters. The average Bonchev–Trinajstić information content (AvgIpc) is 2.76. The van der Waals surface area contributed by atoms with Gasteiger partial charge in [0, 0.05) is 12.6 Å². The zero-order valence-electron chi connectivity index (χ0n) is 10.3. The number of hydrogen-bond donors (Lipinski definition) is 2. The number of aryl methyl sites for hydroxylation is 1. The fourth-order valence-electron chi connectivity index (χ4n) is 2.20. The third kappa shape index (κ3) is 3.85. The van der Waals surface area contributed by atoms with Gasteiger partial charge in [-0.3, -0.25) is 4.79 Å². The van der Waals surface area contributed by atoms with E-state index in [0.29, 0.717) is 11.6 Å². The van der Waals surface area contributed by atoms with Gasteiger partial charge in [-0.2, -0.15) is 0 Å². The molecule has 0 radical (unpaired) electrons. The Bertz CT molecular complexity index is 409. The Kier molecular flexibility index (Phi) is 4.14. The third-order valence-electron chi connectivity index (χ3n) is 3.02. The molecule has 0 aromatic carbocycles. The van der Waals surface area contributed by atoms with Gasteiger partial charge in [-0.25, -0.2) is 4.98 Å². The number of hydrogen-bond acceptors (Lipinski definition) is 4. The summed E-state index contributed by atoms with van der Waals surface area (Å²) in [5, 5.41) is 3.19. The second-order valence-corrected chi connectivity index (χ2v) is 4.55. The van der Waals surface area contributed by atoms with Crippen molar-refractivity contribution in [3.8, 4) is 0 Å². The van der Waals surface area contributed by atoms with Crippen LogP contribution in [-0.4, -0.2) is 41.0 Å². The van der Waals surface area contributed by atoms with Gasteiger partial charge in [0.15, 0.2) is 0 Å². The first-order chi connectivity index (χ1) is 8.24. The van der Waals surface area contributed by atoms with E-state index in [2.05, 4.69) is 20.2 Å². The standard InChI is InChI=1S/C12H20N4O/c1-10-14-11(9-12(17)15-10)13-5-4-8-16-6-2-3-7-16/h9H,2-8H2,1H3,(H2,13,14,15,17). The summed E-state index contributed by atoms with van der Waals surface area (Å²) >= 11 is 0. The van der Waals surface area contributed by atoms with Gasteiger partial charge in [-0.15, -0.1) is 0 Å². The normalized spacial score (nSPS) is 16.3. The Balaban J connectivity index is 1.72. The quantitative estimate of drug-likeness (QED) is 0.748. The first kappa shape index (κ1) is 12.1. The number of rotatable bonds is 5. The number of aromatic amines is 1. The van der Waals surface area contributed by atoms with E-state index >= 15 is 0 Å². The van der Waals surface area contributed by atoms with Crippen molar-refractivity contribution in [1.29, 1.82) is 0 Å². The van der Waals surface area contributed by atoms with E-state index in [1.807, 2.05) is 0 Å². The monoisotopic (exact) mass is 236 g/mol. The van der Waals surface area contributed by atoms with Crippen LogP contribution >= 0.6 is 0 Å². The Hall–Kier alpha value is -1.36. The van der Waals surface area contributed by atoms with E-state index in [1.165, 1.54) is 32.0 Å². The summed E-state index contributed by atoms with van der Waals surface area (Å²) in [5.41, 5.74) is -0.0976. The maximum Gasteiger partial charge on any atom is 0.252 e.